The number of hydrogen-bond donors (Lipinski definition) is 1. The summed E-state index contributed by atoms with van der Waals surface area (Å²) in [6.45, 7) is 9.71. The lowest BCUT2D eigenvalue weighted by molar-refractivity contribution is 0.144. The van der Waals surface area contributed by atoms with E-state index in [4.69, 9.17) is 5.73 Å². The van der Waals surface area contributed by atoms with Crippen LogP contribution in [0.25, 0.3) is 0 Å². The monoisotopic (exact) mass is 158 g/mol. The van der Waals surface area contributed by atoms with Crippen LogP contribution in [0.2, 0.25) is 0 Å². The summed E-state index contributed by atoms with van der Waals surface area (Å²) >= 11 is 0. The van der Waals surface area contributed by atoms with Crippen LogP contribution in [0.3, 0.4) is 0 Å². The van der Waals surface area contributed by atoms with E-state index in [-0.39, 0.29) is 11.6 Å². The zero-order chi connectivity index (χ0) is 9.07. The molecule has 1 atom stereocenters. The molecule has 0 fully saturated rings. The van der Waals surface area contributed by atoms with Crippen LogP contribution < -0.4 is 5.73 Å². The Morgan fingerprint density at radius 1 is 1.45 bits per heavy atom. The van der Waals surface area contributed by atoms with Crippen molar-refractivity contribution in [2.45, 2.75) is 45.7 Å². The van der Waals surface area contributed by atoms with Gasteiger partial charge in [0.2, 0.25) is 0 Å². The van der Waals surface area contributed by atoms with Gasteiger partial charge in [-0.3, -0.25) is 4.90 Å². The molecular formula is C9H22N2. The molecule has 2 nitrogen and oxygen atoms in total. The Hall–Kier alpha value is -0.0800. The van der Waals surface area contributed by atoms with Crippen LogP contribution in [0.1, 0.15) is 34.1 Å². The van der Waals surface area contributed by atoms with Gasteiger partial charge < -0.3 is 5.73 Å². The quantitative estimate of drug-likeness (QED) is 0.671. The molecule has 0 aliphatic carbocycles. The Morgan fingerprint density at radius 2 is 1.91 bits per heavy atom. The van der Waals surface area contributed by atoms with E-state index in [1.165, 1.54) is 0 Å². The molecule has 0 radical (unpaired) electrons. The first-order valence-electron chi connectivity index (χ1n) is 4.37. The van der Waals surface area contributed by atoms with E-state index in [2.05, 4.69) is 32.7 Å². The van der Waals surface area contributed by atoms with Crippen LogP contribution in [0, 0.1) is 0 Å². The zero-order valence-corrected chi connectivity index (χ0v) is 8.52. The predicted octanol–water partition coefficient (Wildman–Crippen LogP) is 1.45. The van der Waals surface area contributed by atoms with Crippen molar-refractivity contribution in [1.29, 1.82) is 0 Å². The number of likely N-dealkylation sites (N-methyl/N-ethyl adjacent to an activating group) is 1. The van der Waals surface area contributed by atoms with Crippen molar-refractivity contribution >= 4 is 0 Å². The summed E-state index contributed by atoms with van der Waals surface area (Å²) in [5.74, 6) is 0. The van der Waals surface area contributed by atoms with Crippen LogP contribution in [0.15, 0.2) is 0 Å². The van der Waals surface area contributed by atoms with Crippen molar-refractivity contribution < 1.29 is 0 Å². The lowest BCUT2D eigenvalue weighted by Gasteiger charge is -2.35. The van der Waals surface area contributed by atoms with Gasteiger partial charge in [0.05, 0.1) is 0 Å². The van der Waals surface area contributed by atoms with Gasteiger partial charge >= 0.3 is 0 Å². The molecule has 2 N–H and O–H groups in total. The van der Waals surface area contributed by atoms with Gasteiger partial charge in [-0.05, 0) is 34.2 Å². The topological polar surface area (TPSA) is 29.3 Å². The number of nitrogens with zero attached hydrogens (tertiary/aromatic N) is 1. The second-order valence-corrected chi connectivity index (χ2v) is 4.02. The molecule has 0 saturated carbocycles. The molecule has 68 valence electrons. The lowest BCUT2D eigenvalue weighted by atomic mass is 9.99. The molecule has 0 rings (SSSR count). The Labute approximate surface area is 70.8 Å². The number of nitrogens with two attached hydrogens (primary N) is 1. The van der Waals surface area contributed by atoms with Gasteiger partial charge in [-0.1, -0.05) is 6.92 Å². The maximum atomic E-state index is 5.70. The fourth-order valence-corrected chi connectivity index (χ4v) is 0.949. The first kappa shape index (κ1) is 10.9. The van der Waals surface area contributed by atoms with Gasteiger partial charge in [0.25, 0.3) is 0 Å². The van der Waals surface area contributed by atoms with Gasteiger partial charge in [-0.2, -0.15) is 0 Å². The van der Waals surface area contributed by atoms with Crippen molar-refractivity contribution in [3.05, 3.63) is 0 Å². The second-order valence-electron chi connectivity index (χ2n) is 4.02. The van der Waals surface area contributed by atoms with Crippen LogP contribution in [0.4, 0.5) is 0 Å². The van der Waals surface area contributed by atoms with Crippen LogP contribution >= 0.6 is 0 Å². The summed E-state index contributed by atoms with van der Waals surface area (Å²) in [5.41, 5.74) is 5.99. The van der Waals surface area contributed by atoms with Crippen molar-refractivity contribution in [2.75, 3.05) is 13.6 Å². The second kappa shape index (κ2) is 4.07. The smallest absolute Gasteiger partial charge is 0.0148 e. The summed E-state index contributed by atoms with van der Waals surface area (Å²) in [7, 11) is 2.13. The van der Waals surface area contributed by atoms with Crippen molar-refractivity contribution in [3.8, 4) is 0 Å². The van der Waals surface area contributed by atoms with Gasteiger partial charge in [-0.25, -0.2) is 0 Å². The average molecular weight is 158 g/mol. The maximum Gasteiger partial charge on any atom is 0.0148 e. The van der Waals surface area contributed by atoms with Gasteiger partial charge in [-0.15, -0.1) is 0 Å². The highest BCUT2D eigenvalue weighted by molar-refractivity contribution is 4.78. The Morgan fingerprint density at radius 3 is 2.18 bits per heavy atom. The van der Waals surface area contributed by atoms with E-state index in [9.17, 15) is 0 Å². The summed E-state index contributed by atoms with van der Waals surface area (Å²) in [6.07, 6.45) is 1.16. The summed E-state index contributed by atoms with van der Waals surface area (Å²) in [5, 5.41) is 0. The molecular weight excluding hydrogens is 136 g/mol. The molecule has 0 aliphatic rings. The first-order valence-corrected chi connectivity index (χ1v) is 4.37. The van der Waals surface area contributed by atoms with E-state index < -0.39 is 0 Å². The summed E-state index contributed by atoms with van der Waals surface area (Å²) < 4.78 is 0. The molecule has 0 saturated heterocycles. The third kappa shape index (κ3) is 3.73. The molecule has 0 aliphatic heterocycles. The molecule has 2 heteroatoms. The minimum Gasteiger partial charge on any atom is -0.327 e. The maximum absolute atomic E-state index is 5.70. The molecule has 0 spiro atoms. The molecule has 0 aromatic carbocycles. The highest BCUT2D eigenvalue weighted by Crippen LogP contribution is 2.15. The largest absolute Gasteiger partial charge is 0.327 e. The molecule has 0 heterocycles. The molecule has 0 bridgehead atoms. The Bertz CT molecular complexity index is 108. The van der Waals surface area contributed by atoms with Crippen molar-refractivity contribution in [2.24, 2.45) is 5.73 Å². The summed E-state index contributed by atoms with van der Waals surface area (Å²) in [4.78, 5) is 2.32. The number of hydrogen-bond acceptors (Lipinski definition) is 2. The third-order valence-electron chi connectivity index (χ3n) is 2.46. The molecule has 11 heavy (non-hydrogen) atoms. The van der Waals surface area contributed by atoms with E-state index in [1.807, 2.05) is 6.92 Å². The SMILES string of the molecule is CCC(C)(C)N(C)CC(C)N. The van der Waals surface area contributed by atoms with Crippen molar-refractivity contribution in [1.82, 2.24) is 4.90 Å². The fourth-order valence-electron chi connectivity index (χ4n) is 0.949. The first-order chi connectivity index (χ1) is 4.90. The molecule has 1 unspecified atom stereocenters. The number of rotatable bonds is 4. The minimum absolute atomic E-state index is 0.269. The van der Waals surface area contributed by atoms with Gasteiger partial charge in [0, 0.05) is 18.1 Å². The Kier molecular flexibility index (Phi) is 4.04. The van der Waals surface area contributed by atoms with Gasteiger partial charge in [0.1, 0.15) is 0 Å². The van der Waals surface area contributed by atoms with Crippen molar-refractivity contribution in [3.63, 3.8) is 0 Å². The molecule has 0 aromatic rings. The Balaban J connectivity index is 3.90. The summed E-state index contributed by atoms with van der Waals surface area (Å²) in [6, 6.07) is 0.269. The average Bonchev–Trinajstić information content (AvgIpc) is 1.86. The van der Waals surface area contributed by atoms with E-state index >= 15 is 0 Å². The minimum atomic E-state index is 0.269. The normalized spacial score (nSPS) is 15.5. The highest BCUT2D eigenvalue weighted by atomic mass is 15.2. The van der Waals surface area contributed by atoms with Crippen LogP contribution in [-0.2, 0) is 0 Å². The van der Waals surface area contributed by atoms with Gasteiger partial charge in [0.15, 0.2) is 0 Å². The highest BCUT2D eigenvalue weighted by Gasteiger charge is 2.21. The van der Waals surface area contributed by atoms with E-state index in [0.29, 0.717) is 0 Å². The molecule has 0 aromatic heterocycles. The zero-order valence-electron chi connectivity index (χ0n) is 8.52. The third-order valence-corrected chi connectivity index (χ3v) is 2.46. The van der Waals surface area contributed by atoms with E-state index in [0.717, 1.165) is 13.0 Å². The predicted molar refractivity (Wildman–Crippen MR) is 50.6 cm³/mol. The standard InChI is InChI=1S/C9H22N2/c1-6-9(3,4)11(5)7-8(2)10/h8H,6-7,10H2,1-5H3. The molecule has 0 amide bonds. The lowest BCUT2D eigenvalue weighted by Crippen LogP contribution is -2.45. The van der Waals surface area contributed by atoms with E-state index in [1.54, 1.807) is 0 Å². The fraction of sp³-hybridized carbons (Fsp3) is 1.00. The van der Waals surface area contributed by atoms with Crippen LogP contribution in [0.5, 0.6) is 0 Å². The van der Waals surface area contributed by atoms with Crippen LogP contribution in [-0.4, -0.2) is 30.1 Å².